The Morgan fingerprint density at radius 2 is 2.13 bits per heavy atom. The molecule has 8 heteroatoms. The molecule has 0 aromatic carbocycles. The maximum atomic E-state index is 12.3. The van der Waals surface area contributed by atoms with Crippen molar-refractivity contribution in [3.05, 3.63) is 28.0 Å². The van der Waals surface area contributed by atoms with Crippen molar-refractivity contribution >= 4 is 17.2 Å². The zero-order valence-electron chi connectivity index (χ0n) is 13.2. The number of amides is 1. The molecule has 122 valence electrons. The van der Waals surface area contributed by atoms with Gasteiger partial charge in [0.25, 0.3) is 5.91 Å². The second-order valence-corrected chi connectivity index (χ2v) is 7.23. The fraction of sp³-hybridized carbons (Fsp3) is 0.600. The van der Waals surface area contributed by atoms with Crippen LogP contribution in [-0.2, 0) is 6.54 Å². The van der Waals surface area contributed by atoms with E-state index in [9.17, 15) is 4.79 Å². The number of carbonyl (C=O) groups is 1. The van der Waals surface area contributed by atoms with Crippen LogP contribution in [0.25, 0.3) is 0 Å². The van der Waals surface area contributed by atoms with Crippen LogP contribution in [-0.4, -0.2) is 61.9 Å². The highest BCUT2D eigenvalue weighted by Gasteiger charge is 2.31. The van der Waals surface area contributed by atoms with E-state index in [1.165, 1.54) is 4.88 Å². The first-order valence-electron chi connectivity index (χ1n) is 8.03. The van der Waals surface area contributed by atoms with Gasteiger partial charge in [-0.15, -0.1) is 16.4 Å². The Kier molecular flexibility index (Phi) is 3.86. The number of carbonyl (C=O) groups excluding carboxylic acids is 1. The van der Waals surface area contributed by atoms with Crippen molar-refractivity contribution in [1.82, 2.24) is 29.8 Å². The third-order valence-electron chi connectivity index (χ3n) is 4.65. The van der Waals surface area contributed by atoms with E-state index >= 15 is 0 Å². The minimum absolute atomic E-state index is 0.0187. The molecule has 2 saturated heterocycles. The molecule has 0 N–H and O–H groups in total. The first-order chi connectivity index (χ1) is 11.2. The quantitative estimate of drug-likeness (QED) is 0.845. The van der Waals surface area contributed by atoms with E-state index in [2.05, 4.69) is 27.1 Å². The van der Waals surface area contributed by atoms with Crippen molar-refractivity contribution in [3.8, 4) is 0 Å². The molecule has 2 fully saturated rings. The molecule has 0 spiro atoms. The molecule has 0 unspecified atom stereocenters. The number of aryl methyl sites for hydroxylation is 1. The summed E-state index contributed by atoms with van der Waals surface area (Å²) in [5.74, 6) is 0.0187. The van der Waals surface area contributed by atoms with Gasteiger partial charge in [-0.3, -0.25) is 9.69 Å². The molecule has 23 heavy (non-hydrogen) atoms. The maximum Gasteiger partial charge on any atom is 0.276 e. The fourth-order valence-corrected chi connectivity index (χ4v) is 3.97. The largest absolute Gasteiger partial charge is 0.337 e. The summed E-state index contributed by atoms with van der Waals surface area (Å²) in [6, 6.07) is 0.316. The lowest BCUT2D eigenvalue weighted by Gasteiger charge is -2.38. The molecule has 0 aliphatic carbocycles. The molecule has 2 aliphatic heterocycles. The Balaban J connectivity index is 1.34. The highest BCUT2D eigenvalue weighted by Crippen LogP contribution is 2.25. The van der Waals surface area contributed by atoms with Crippen LogP contribution in [0.4, 0.5) is 0 Å². The minimum atomic E-state index is 0.0187. The molecular weight excluding hydrogens is 312 g/mol. The van der Waals surface area contributed by atoms with Crippen LogP contribution < -0.4 is 0 Å². The van der Waals surface area contributed by atoms with Gasteiger partial charge in [0.1, 0.15) is 0 Å². The van der Waals surface area contributed by atoms with Crippen molar-refractivity contribution in [1.29, 1.82) is 0 Å². The van der Waals surface area contributed by atoms with Crippen molar-refractivity contribution in [3.63, 3.8) is 0 Å². The number of rotatable bonds is 4. The highest BCUT2D eigenvalue weighted by molar-refractivity contribution is 7.09. The van der Waals surface area contributed by atoms with Gasteiger partial charge in [0.15, 0.2) is 5.69 Å². The Morgan fingerprint density at radius 1 is 1.35 bits per heavy atom. The number of hydrogen-bond acceptors (Lipinski definition) is 6. The van der Waals surface area contributed by atoms with Crippen molar-refractivity contribution in [2.75, 3.05) is 26.2 Å². The molecule has 0 atom stereocenters. The molecule has 0 radical (unpaired) electrons. The lowest BCUT2D eigenvalue weighted by atomic mass is 10.1. The van der Waals surface area contributed by atoms with E-state index in [0.29, 0.717) is 11.7 Å². The van der Waals surface area contributed by atoms with Crippen LogP contribution in [0.5, 0.6) is 0 Å². The molecule has 4 heterocycles. The Bertz CT molecular complexity index is 698. The second kappa shape index (κ2) is 6.01. The highest BCUT2D eigenvalue weighted by atomic mass is 32.1. The summed E-state index contributed by atoms with van der Waals surface area (Å²) in [6.07, 6.45) is 3.99. The predicted octanol–water partition coefficient (Wildman–Crippen LogP) is 1.34. The van der Waals surface area contributed by atoms with Crippen LogP contribution in [0.2, 0.25) is 0 Å². The zero-order chi connectivity index (χ0) is 15.8. The molecule has 2 aromatic heterocycles. The summed E-state index contributed by atoms with van der Waals surface area (Å²) in [5, 5.41) is 8.24. The van der Waals surface area contributed by atoms with Crippen molar-refractivity contribution in [2.24, 2.45) is 0 Å². The molecular formula is C15H20N6OS. The molecule has 0 saturated carbocycles. The van der Waals surface area contributed by atoms with Crippen molar-refractivity contribution < 1.29 is 4.79 Å². The van der Waals surface area contributed by atoms with Crippen LogP contribution in [0, 0.1) is 6.92 Å². The summed E-state index contributed by atoms with van der Waals surface area (Å²) in [4.78, 5) is 22.1. The van der Waals surface area contributed by atoms with E-state index in [1.807, 2.05) is 15.1 Å². The normalized spacial score (nSPS) is 19.3. The SMILES string of the molecule is Cc1ncsc1CN1CC(n2cc(C(=O)N3CCCC3)nn2)C1. The number of hydrogen-bond donors (Lipinski definition) is 0. The summed E-state index contributed by atoms with van der Waals surface area (Å²) in [6.45, 7) is 6.57. The number of likely N-dealkylation sites (tertiary alicyclic amines) is 2. The van der Waals surface area contributed by atoms with Gasteiger partial charge in [0.2, 0.25) is 0 Å². The smallest absolute Gasteiger partial charge is 0.276 e. The Labute approximate surface area is 138 Å². The minimum Gasteiger partial charge on any atom is -0.337 e. The molecule has 0 bridgehead atoms. The van der Waals surface area contributed by atoms with Gasteiger partial charge in [0.05, 0.1) is 23.4 Å². The lowest BCUT2D eigenvalue weighted by molar-refractivity contribution is 0.0786. The van der Waals surface area contributed by atoms with Crippen LogP contribution >= 0.6 is 11.3 Å². The zero-order valence-corrected chi connectivity index (χ0v) is 14.0. The van der Waals surface area contributed by atoms with Gasteiger partial charge in [-0.25, -0.2) is 9.67 Å². The van der Waals surface area contributed by atoms with Crippen molar-refractivity contribution in [2.45, 2.75) is 32.4 Å². The maximum absolute atomic E-state index is 12.3. The van der Waals surface area contributed by atoms with Gasteiger partial charge in [0, 0.05) is 37.6 Å². The van der Waals surface area contributed by atoms with Crippen LogP contribution in [0.3, 0.4) is 0 Å². The monoisotopic (exact) mass is 332 g/mol. The van der Waals surface area contributed by atoms with E-state index in [4.69, 9.17) is 0 Å². The Hall–Kier alpha value is -1.80. The molecule has 2 aliphatic rings. The first-order valence-corrected chi connectivity index (χ1v) is 8.91. The average Bonchev–Trinajstić information content (AvgIpc) is 3.24. The molecule has 1 amide bonds. The fourth-order valence-electron chi connectivity index (χ4n) is 3.16. The second-order valence-electron chi connectivity index (χ2n) is 6.29. The predicted molar refractivity (Wildman–Crippen MR) is 86.3 cm³/mol. The molecule has 4 rings (SSSR count). The van der Waals surface area contributed by atoms with Gasteiger partial charge in [-0.05, 0) is 19.8 Å². The van der Waals surface area contributed by atoms with Gasteiger partial charge in [-0.1, -0.05) is 5.21 Å². The first kappa shape index (κ1) is 14.8. The standard InChI is InChI=1S/C15H20N6OS/c1-11-14(23-10-16-11)9-19-6-12(7-19)21-8-13(17-18-21)15(22)20-4-2-3-5-20/h8,10,12H,2-7,9H2,1H3. The van der Waals surface area contributed by atoms with E-state index in [0.717, 1.165) is 51.3 Å². The summed E-state index contributed by atoms with van der Waals surface area (Å²) >= 11 is 1.71. The number of aromatic nitrogens is 4. The van der Waals surface area contributed by atoms with Gasteiger partial charge >= 0.3 is 0 Å². The van der Waals surface area contributed by atoms with Gasteiger partial charge in [-0.2, -0.15) is 0 Å². The van der Waals surface area contributed by atoms with Crippen LogP contribution in [0.1, 0.15) is 39.9 Å². The summed E-state index contributed by atoms with van der Waals surface area (Å²) in [7, 11) is 0. The Morgan fingerprint density at radius 3 is 2.83 bits per heavy atom. The van der Waals surface area contributed by atoms with E-state index in [-0.39, 0.29) is 5.91 Å². The third kappa shape index (κ3) is 2.88. The molecule has 2 aromatic rings. The lowest BCUT2D eigenvalue weighted by Crippen LogP contribution is -2.47. The molecule has 7 nitrogen and oxygen atoms in total. The topological polar surface area (TPSA) is 67.2 Å². The van der Waals surface area contributed by atoms with E-state index in [1.54, 1.807) is 17.5 Å². The van der Waals surface area contributed by atoms with Gasteiger partial charge < -0.3 is 4.90 Å². The average molecular weight is 332 g/mol. The number of thiazole rings is 1. The van der Waals surface area contributed by atoms with Crippen LogP contribution in [0.15, 0.2) is 11.7 Å². The summed E-state index contributed by atoms with van der Waals surface area (Å²) < 4.78 is 1.85. The van der Waals surface area contributed by atoms with E-state index < -0.39 is 0 Å². The summed E-state index contributed by atoms with van der Waals surface area (Å²) in [5.41, 5.74) is 3.50. The third-order valence-corrected chi connectivity index (χ3v) is 5.57. The number of nitrogens with zero attached hydrogens (tertiary/aromatic N) is 6.